The second-order valence-electron chi connectivity index (χ2n) is 4.14. The molecule has 0 saturated heterocycles. The van der Waals surface area contributed by atoms with E-state index in [0.717, 1.165) is 19.6 Å². The maximum atomic E-state index is 4.10. The van der Waals surface area contributed by atoms with Crippen LogP contribution in [-0.2, 0) is 0 Å². The molecule has 1 aromatic rings. The van der Waals surface area contributed by atoms with Gasteiger partial charge < -0.3 is 5.32 Å². The lowest BCUT2D eigenvalue weighted by atomic mass is 10.2. The van der Waals surface area contributed by atoms with Gasteiger partial charge in [0.05, 0.1) is 0 Å². The van der Waals surface area contributed by atoms with Gasteiger partial charge in [0.25, 0.3) is 0 Å². The molecule has 0 bridgehead atoms. The molecule has 0 aliphatic carbocycles. The number of rotatable bonds is 7. The van der Waals surface area contributed by atoms with E-state index < -0.39 is 0 Å². The van der Waals surface area contributed by atoms with E-state index in [1.165, 1.54) is 10.5 Å². The van der Waals surface area contributed by atoms with Crippen LogP contribution in [0.4, 0.5) is 0 Å². The van der Waals surface area contributed by atoms with Crippen LogP contribution >= 0.6 is 11.3 Å². The number of hydrogen-bond donors (Lipinski definition) is 1. The first-order chi connectivity index (χ1) is 7.65. The van der Waals surface area contributed by atoms with Crippen LogP contribution in [0.25, 0.3) is 0 Å². The molecular formula is C13H22N2S. The zero-order valence-electron chi connectivity index (χ0n) is 10.5. The molecule has 1 heterocycles. The molecule has 0 aliphatic rings. The summed E-state index contributed by atoms with van der Waals surface area (Å²) < 4.78 is 0. The summed E-state index contributed by atoms with van der Waals surface area (Å²) in [5, 5.41) is 5.44. The summed E-state index contributed by atoms with van der Waals surface area (Å²) in [4.78, 5) is 3.75. The summed E-state index contributed by atoms with van der Waals surface area (Å²) in [5.41, 5.74) is 1.24. The summed E-state index contributed by atoms with van der Waals surface area (Å²) in [6, 6.07) is 4.77. The Labute approximate surface area is 103 Å². The van der Waals surface area contributed by atoms with E-state index in [1.54, 1.807) is 0 Å². The van der Waals surface area contributed by atoms with Crippen molar-refractivity contribution in [2.45, 2.75) is 19.9 Å². The SMILES string of the molecule is C=C(CNCC)CN(C)C(C)c1cccs1. The Kier molecular flexibility index (Phi) is 5.74. The van der Waals surface area contributed by atoms with E-state index in [9.17, 15) is 0 Å². The van der Waals surface area contributed by atoms with Gasteiger partial charge in [0.15, 0.2) is 0 Å². The molecule has 1 atom stereocenters. The van der Waals surface area contributed by atoms with Gasteiger partial charge in [0.2, 0.25) is 0 Å². The smallest absolute Gasteiger partial charge is 0.0413 e. The molecule has 1 N–H and O–H groups in total. The van der Waals surface area contributed by atoms with Gasteiger partial charge in [0.1, 0.15) is 0 Å². The predicted octanol–water partition coefficient (Wildman–Crippen LogP) is 2.91. The van der Waals surface area contributed by atoms with Gasteiger partial charge in [-0.3, -0.25) is 4.90 Å². The molecule has 90 valence electrons. The van der Waals surface area contributed by atoms with Gasteiger partial charge >= 0.3 is 0 Å². The second-order valence-corrected chi connectivity index (χ2v) is 5.12. The van der Waals surface area contributed by atoms with Crippen LogP contribution in [0.5, 0.6) is 0 Å². The fourth-order valence-corrected chi connectivity index (χ4v) is 2.44. The first-order valence-electron chi connectivity index (χ1n) is 5.76. The van der Waals surface area contributed by atoms with Crippen molar-refractivity contribution in [1.29, 1.82) is 0 Å². The van der Waals surface area contributed by atoms with E-state index in [1.807, 2.05) is 11.3 Å². The molecule has 0 saturated carbocycles. The molecule has 1 rings (SSSR count). The minimum absolute atomic E-state index is 0.471. The highest BCUT2D eigenvalue weighted by molar-refractivity contribution is 7.10. The Morgan fingerprint density at radius 1 is 1.62 bits per heavy atom. The van der Waals surface area contributed by atoms with Crippen molar-refractivity contribution in [3.63, 3.8) is 0 Å². The van der Waals surface area contributed by atoms with Gasteiger partial charge in [-0.15, -0.1) is 11.3 Å². The fraction of sp³-hybridized carbons (Fsp3) is 0.538. The maximum Gasteiger partial charge on any atom is 0.0413 e. The zero-order valence-corrected chi connectivity index (χ0v) is 11.3. The fourth-order valence-electron chi connectivity index (χ4n) is 1.59. The van der Waals surface area contributed by atoms with Crippen LogP contribution in [0, 0.1) is 0 Å². The van der Waals surface area contributed by atoms with E-state index >= 15 is 0 Å². The zero-order chi connectivity index (χ0) is 12.0. The van der Waals surface area contributed by atoms with E-state index in [2.05, 4.69) is 55.2 Å². The molecule has 0 radical (unpaired) electrons. The quantitative estimate of drug-likeness (QED) is 0.735. The van der Waals surface area contributed by atoms with Crippen LogP contribution < -0.4 is 5.32 Å². The van der Waals surface area contributed by atoms with Gasteiger partial charge in [0, 0.05) is 24.0 Å². The molecular weight excluding hydrogens is 216 g/mol. The number of nitrogens with zero attached hydrogens (tertiary/aromatic N) is 1. The van der Waals surface area contributed by atoms with Crippen molar-refractivity contribution in [3.8, 4) is 0 Å². The van der Waals surface area contributed by atoms with Crippen LogP contribution in [0.1, 0.15) is 24.8 Å². The standard InChI is InChI=1S/C13H22N2S/c1-5-14-9-11(2)10-15(4)12(3)13-7-6-8-16-13/h6-8,12,14H,2,5,9-10H2,1,3-4H3. The highest BCUT2D eigenvalue weighted by atomic mass is 32.1. The van der Waals surface area contributed by atoms with Crippen molar-refractivity contribution in [1.82, 2.24) is 10.2 Å². The van der Waals surface area contributed by atoms with Gasteiger partial charge in [-0.2, -0.15) is 0 Å². The van der Waals surface area contributed by atoms with Gasteiger partial charge in [-0.05, 0) is 37.5 Å². The summed E-state index contributed by atoms with van der Waals surface area (Å²) in [6.07, 6.45) is 0. The average Bonchev–Trinajstić information content (AvgIpc) is 2.78. The lowest BCUT2D eigenvalue weighted by Crippen LogP contribution is -2.27. The van der Waals surface area contributed by atoms with Gasteiger partial charge in [-0.25, -0.2) is 0 Å². The minimum atomic E-state index is 0.471. The van der Waals surface area contributed by atoms with Crippen LogP contribution in [-0.4, -0.2) is 31.6 Å². The number of hydrogen-bond acceptors (Lipinski definition) is 3. The molecule has 0 aromatic carbocycles. The van der Waals surface area contributed by atoms with Gasteiger partial charge in [-0.1, -0.05) is 19.6 Å². The largest absolute Gasteiger partial charge is 0.313 e. The molecule has 0 amide bonds. The molecule has 3 heteroatoms. The molecule has 0 aliphatic heterocycles. The molecule has 1 unspecified atom stereocenters. The highest BCUT2D eigenvalue weighted by Gasteiger charge is 2.12. The second kappa shape index (κ2) is 6.84. The first-order valence-corrected chi connectivity index (χ1v) is 6.64. The summed E-state index contributed by atoms with van der Waals surface area (Å²) in [7, 11) is 2.15. The maximum absolute atomic E-state index is 4.10. The van der Waals surface area contributed by atoms with Crippen molar-refractivity contribution in [2.24, 2.45) is 0 Å². The monoisotopic (exact) mass is 238 g/mol. The van der Waals surface area contributed by atoms with E-state index in [4.69, 9.17) is 0 Å². The average molecular weight is 238 g/mol. The Morgan fingerprint density at radius 2 is 2.38 bits per heavy atom. The minimum Gasteiger partial charge on any atom is -0.313 e. The van der Waals surface area contributed by atoms with Crippen LogP contribution in [0.15, 0.2) is 29.7 Å². The highest BCUT2D eigenvalue weighted by Crippen LogP contribution is 2.23. The lowest BCUT2D eigenvalue weighted by Gasteiger charge is -2.24. The Bertz CT molecular complexity index is 306. The Balaban J connectivity index is 2.40. The molecule has 2 nitrogen and oxygen atoms in total. The van der Waals surface area contributed by atoms with Crippen molar-refractivity contribution < 1.29 is 0 Å². The van der Waals surface area contributed by atoms with Crippen molar-refractivity contribution in [3.05, 3.63) is 34.5 Å². The third-order valence-electron chi connectivity index (χ3n) is 2.71. The number of likely N-dealkylation sites (N-methyl/N-ethyl adjacent to an activating group) is 2. The molecule has 1 aromatic heterocycles. The summed E-state index contributed by atoms with van der Waals surface area (Å²) >= 11 is 1.82. The molecule has 0 fully saturated rings. The third-order valence-corrected chi connectivity index (χ3v) is 3.76. The topological polar surface area (TPSA) is 15.3 Å². The summed E-state index contributed by atoms with van der Waals surface area (Å²) in [6.45, 7) is 11.3. The lowest BCUT2D eigenvalue weighted by molar-refractivity contribution is 0.285. The van der Waals surface area contributed by atoms with Crippen LogP contribution in [0.3, 0.4) is 0 Å². The number of nitrogens with one attached hydrogen (secondary N) is 1. The molecule has 16 heavy (non-hydrogen) atoms. The molecule has 0 spiro atoms. The Hall–Kier alpha value is -0.640. The number of thiophene rings is 1. The van der Waals surface area contributed by atoms with Crippen molar-refractivity contribution in [2.75, 3.05) is 26.7 Å². The predicted molar refractivity (Wildman–Crippen MR) is 73.0 cm³/mol. The normalized spacial score (nSPS) is 13.0. The van der Waals surface area contributed by atoms with E-state index in [-0.39, 0.29) is 0 Å². The third kappa shape index (κ3) is 4.08. The summed E-state index contributed by atoms with van der Waals surface area (Å²) in [5.74, 6) is 0. The first kappa shape index (κ1) is 13.4. The Morgan fingerprint density at radius 3 is 2.94 bits per heavy atom. The van der Waals surface area contributed by atoms with Crippen LogP contribution in [0.2, 0.25) is 0 Å². The van der Waals surface area contributed by atoms with E-state index in [0.29, 0.717) is 6.04 Å². The van der Waals surface area contributed by atoms with Crippen molar-refractivity contribution >= 4 is 11.3 Å².